The minimum atomic E-state index is -4.17. The molecule has 0 radical (unpaired) electrons. The van der Waals surface area contributed by atoms with E-state index in [1.165, 1.54) is 6.07 Å². The molecular weight excluding hydrogens is 507 g/mol. The van der Waals surface area contributed by atoms with Gasteiger partial charge in [-0.05, 0) is 34.1 Å². The minimum absolute atomic E-state index is 0.00700. The van der Waals surface area contributed by atoms with E-state index in [-0.39, 0.29) is 20.8 Å². The molecule has 5 nitrogen and oxygen atoms in total. The van der Waals surface area contributed by atoms with E-state index in [1.807, 2.05) is 0 Å². The number of nitrogens with zero attached hydrogens (tertiary/aromatic N) is 2. The van der Waals surface area contributed by atoms with Crippen LogP contribution in [0.3, 0.4) is 0 Å². The van der Waals surface area contributed by atoms with Gasteiger partial charge in [0.1, 0.15) is 15.6 Å². The molecule has 0 unspecified atom stereocenters. The average molecular weight is 513 g/mol. The number of hydrogen-bond acceptors (Lipinski definition) is 5. The standard InChI is InChI=1S/C14H6Br2Cl2N2O3S/c15-9-5-10(16)13(12-8(9)2-1-3-19-12)23-24(21,22)7-4-11(17)14(18)20-6-7/h1-6H. The van der Waals surface area contributed by atoms with E-state index in [0.717, 1.165) is 10.7 Å². The smallest absolute Gasteiger partial charge is 0.340 e. The summed E-state index contributed by atoms with van der Waals surface area (Å²) in [6.07, 6.45) is 2.62. The second-order valence-electron chi connectivity index (χ2n) is 4.55. The Morgan fingerprint density at radius 2 is 1.83 bits per heavy atom. The quantitative estimate of drug-likeness (QED) is 0.355. The second-order valence-corrected chi connectivity index (χ2v) is 8.57. The molecule has 0 atom stereocenters. The Labute approximate surface area is 164 Å². The Hall–Kier alpha value is -0.930. The summed E-state index contributed by atoms with van der Waals surface area (Å²) in [6.45, 7) is 0. The van der Waals surface area contributed by atoms with Gasteiger partial charge in [0.2, 0.25) is 0 Å². The van der Waals surface area contributed by atoms with Crippen LogP contribution in [-0.2, 0) is 10.1 Å². The molecule has 2 heterocycles. The van der Waals surface area contributed by atoms with Crippen molar-refractivity contribution >= 4 is 76.1 Å². The number of hydrogen-bond donors (Lipinski definition) is 0. The highest BCUT2D eigenvalue weighted by Crippen LogP contribution is 2.38. The third kappa shape index (κ3) is 3.39. The van der Waals surface area contributed by atoms with Crippen molar-refractivity contribution in [3.63, 3.8) is 0 Å². The van der Waals surface area contributed by atoms with Gasteiger partial charge in [0.25, 0.3) is 0 Å². The summed E-state index contributed by atoms with van der Waals surface area (Å²) >= 11 is 18.2. The molecule has 10 heteroatoms. The van der Waals surface area contributed by atoms with Crippen LogP contribution in [0, 0.1) is 0 Å². The van der Waals surface area contributed by atoms with Crippen LogP contribution in [0.15, 0.2) is 50.5 Å². The van der Waals surface area contributed by atoms with E-state index in [2.05, 4.69) is 41.8 Å². The summed E-state index contributed by atoms with van der Waals surface area (Å²) in [4.78, 5) is 7.71. The van der Waals surface area contributed by atoms with Crippen LogP contribution in [-0.4, -0.2) is 18.4 Å². The molecule has 1 aromatic carbocycles. The summed E-state index contributed by atoms with van der Waals surface area (Å²) in [5.41, 5.74) is 0.385. The first-order valence-electron chi connectivity index (χ1n) is 6.28. The van der Waals surface area contributed by atoms with E-state index in [4.69, 9.17) is 27.4 Å². The van der Waals surface area contributed by atoms with Gasteiger partial charge in [0, 0.05) is 16.1 Å². The third-order valence-corrected chi connectivity index (χ3v) is 6.12. The summed E-state index contributed by atoms with van der Waals surface area (Å²) in [5, 5.41) is 0.727. The lowest BCUT2D eigenvalue weighted by Gasteiger charge is -2.12. The van der Waals surface area contributed by atoms with E-state index < -0.39 is 10.1 Å². The lowest BCUT2D eigenvalue weighted by molar-refractivity contribution is 0.486. The van der Waals surface area contributed by atoms with Gasteiger partial charge >= 0.3 is 10.1 Å². The van der Waals surface area contributed by atoms with Crippen molar-refractivity contribution in [1.29, 1.82) is 0 Å². The predicted octanol–water partition coefficient (Wildman–Crippen LogP) is 5.23. The molecule has 0 saturated carbocycles. The van der Waals surface area contributed by atoms with Gasteiger partial charge in [-0.15, -0.1) is 0 Å². The highest BCUT2D eigenvalue weighted by atomic mass is 79.9. The monoisotopic (exact) mass is 510 g/mol. The molecule has 0 spiro atoms. The highest BCUT2D eigenvalue weighted by molar-refractivity contribution is 9.11. The molecule has 0 bridgehead atoms. The van der Waals surface area contributed by atoms with Crippen molar-refractivity contribution in [2.75, 3.05) is 0 Å². The summed E-state index contributed by atoms with van der Waals surface area (Å²) in [6, 6.07) is 6.39. The average Bonchev–Trinajstić information content (AvgIpc) is 2.54. The van der Waals surface area contributed by atoms with E-state index in [9.17, 15) is 8.42 Å². The van der Waals surface area contributed by atoms with E-state index in [0.29, 0.717) is 15.4 Å². The molecule has 0 aliphatic rings. The lowest BCUT2D eigenvalue weighted by Crippen LogP contribution is -2.11. The first kappa shape index (κ1) is 17.9. The van der Waals surface area contributed by atoms with Crippen LogP contribution in [0.1, 0.15) is 0 Å². The van der Waals surface area contributed by atoms with Gasteiger partial charge in [-0.2, -0.15) is 8.42 Å². The maximum Gasteiger partial charge on any atom is 0.340 e. The number of aromatic nitrogens is 2. The zero-order valence-corrected chi connectivity index (χ0v) is 17.0. The fourth-order valence-electron chi connectivity index (χ4n) is 1.92. The third-order valence-electron chi connectivity index (χ3n) is 3.00. The van der Waals surface area contributed by atoms with Crippen molar-refractivity contribution in [2.24, 2.45) is 0 Å². The van der Waals surface area contributed by atoms with Crippen LogP contribution in [0.4, 0.5) is 0 Å². The predicted molar refractivity (Wildman–Crippen MR) is 99.2 cm³/mol. The Morgan fingerprint density at radius 3 is 2.54 bits per heavy atom. The first-order valence-corrected chi connectivity index (χ1v) is 10.0. The van der Waals surface area contributed by atoms with E-state index in [1.54, 1.807) is 24.4 Å². The molecule has 0 aliphatic carbocycles. The van der Waals surface area contributed by atoms with Crippen molar-refractivity contribution in [1.82, 2.24) is 9.97 Å². The number of rotatable bonds is 3. The summed E-state index contributed by atoms with van der Waals surface area (Å²) in [7, 11) is -4.17. The van der Waals surface area contributed by atoms with Gasteiger partial charge < -0.3 is 4.18 Å². The minimum Gasteiger partial charge on any atom is -0.375 e. The molecule has 0 amide bonds. The zero-order valence-electron chi connectivity index (χ0n) is 11.5. The molecule has 24 heavy (non-hydrogen) atoms. The molecule has 0 N–H and O–H groups in total. The highest BCUT2D eigenvalue weighted by Gasteiger charge is 2.23. The Morgan fingerprint density at radius 1 is 1.08 bits per heavy atom. The normalized spacial score (nSPS) is 11.7. The molecule has 2 aromatic heterocycles. The Kier molecular flexibility index (Phi) is 5.04. The van der Waals surface area contributed by atoms with Crippen LogP contribution in [0.5, 0.6) is 5.75 Å². The molecule has 0 fully saturated rings. The van der Waals surface area contributed by atoms with Crippen LogP contribution < -0.4 is 4.18 Å². The molecule has 124 valence electrons. The molecule has 0 saturated heterocycles. The topological polar surface area (TPSA) is 69.2 Å². The van der Waals surface area contributed by atoms with Gasteiger partial charge in [-0.3, -0.25) is 4.98 Å². The zero-order chi connectivity index (χ0) is 17.5. The second kappa shape index (κ2) is 6.76. The Balaban J connectivity index is 2.14. The largest absolute Gasteiger partial charge is 0.375 e. The molecular formula is C14H6Br2Cl2N2O3S. The maximum atomic E-state index is 12.5. The van der Waals surface area contributed by atoms with E-state index >= 15 is 0 Å². The molecule has 3 rings (SSSR count). The van der Waals surface area contributed by atoms with Crippen molar-refractivity contribution < 1.29 is 12.6 Å². The number of fused-ring (bicyclic) bond motifs is 1. The van der Waals surface area contributed by atoms with Crippen LogP contribution in [0.25, 0.3) is 10.9 Å². The van der Waals surface area contributed by atoms with Gasteiger partial charge in [0.05, 0.1) is 15.7 Å². The fraction of sp³-hybridized carbons (Fsp3) is 0. The SMILES string of the molecule is O=S(=O)(Oc1c(Br)cc(Br)c2cccnc12)c1cnc(Cl)c(Cl)c1. The van der Waals surface area contributed by atoms with Crippen LogP contribution in [0.2, 0.25) is 10.2 Å². The van der Waals surface area contributed by atoms with Gasteiger partial charge in [-0.1, -0.05) is 45.2 Å². The first-order chi connectivity index (χ1) is 11.3. The fourth-order valence-corrected chi connectivity index (χ4v) is 4.65. The lowest BCUT2D eigenvalue weighted by atomic mass is 10.2. The van der Waals surface area contributed by atoms with Gasteiger partial charge in [-0.25, -0.2) is 4.98 Å². The van der Waals surface area contributed by atoms with Crippen molar-refractivity contribution in [3.8, 4) is 5.75 Å². The summed E-state index contributed by atoms with van der Waals surface area (Å²) in [5.74, 6) is 0.0693. The molecule has 3 aromatic rings. The number of pyridine rings is 2. The van der Waals surface area contributed by atoms with Crippen molar-refractivity contribution in [3.05, 3.63) is 55.8 Å². The molecule has 0 aliphatic heterocycles. The summed E-state index contributed by atoms with van der Waals surface area (Å²) < 4.78 is 31.5. The van der Waals surface area contributed by atoms with Crippen molar-refractivity contribution in [2.45, 2.75) is 4.90 Å². The maximum absolute atomic E-state index is 12.5. The Bertz CT molecular complexity index is 1060. The number of benzene rings is 1. The number of halogens is 4. The van der Waals surface area contributed by atoms with Crippen LogP contribution >= 0.6 is 55.1 Å². The van der Waals surface area contributed by atoms with Gasteiger partial charge in [0.15, 0.2) is 5.75 Å².